The molecule has 0 saturated carbocycles. The van der Waals surface area contributed by atoms with Crippen LogP contribution in [0.25, 0.3) is 10.2 Å². The first-order chi connectivity index (χ1) is 14.1. The van der Waals surface area contributed by atoms with Gasteiger partial charge in [0.15, 0.2) is 0 Å². The number of aromatic nitrogens is 1. The largest absolute Gasteiger partial charge is 0.344 e. The molecule has 30 heavy (non-hydrogen) atoms. The first-order valence-corrected chi connectivity index (χ1v) is 11.7. The highest BCUT2D eigenvalue weighted by Gasteiger charge is 2.30. The summed E-state index contributed by atoms with van der Waals surface area (Å²) in [4.78, 5) is 31.6. The zero-order valence-corrected chi connectivity index (χ0v) is 18.8. The van der Waals surface area contributed by atoms with Crippen LogP contribution in [0.15, 0.2) is 42.5 Å². The van der Waals surface area contributed by atoms with E-state index < -0.39 is 22.0 Å². The average molecular weight is 467 g/mol. The molecule has 158 valence electrons. The number of thiazole rings is 1. The molecular weight excluding hydrogens is 448 g/mol. The molecule has 0 bridgehead atoms. The number of benzene rings is 2. The summed E-state index contributed by atoms with van der Waals surface area (Å²) in [6.07, 6.45) is 0.869. The molecule has 0 spiro atoms. The predicted molar refractivity (Wildman–Crippen MR) is 119 cm³/mol. The Hall–Kier alpha value is -2.53. The van der Waals surface area contributed by atoms with Gasteiger partial charge in [0, 0.05) is 6.54 Å². The topological polar surface area (TPSA) is 99.7 Å². The second kappa shape index (κ2) is 8.68. The van der Waals surface area contributed by atoms with Gasteiger partial charge in [0.05, 0.1) is 27.1 Å². The number of carbonyl (C=O) groups is 2. The van der Waals surface area contributed by atoms with Crippen molar-refractivity contribution >= 4 is 60.2 Å². The number of imide groups is 1. The van der Waals surface area contributed by atoms with Crippen LogP contribution in [-0.2, 0) is 16.6 Å². The molecule has 8 nitrogen and oxygen atoms in total. The van der Waals surface area contributed by atoms with Crippen LogP contribution in [0.5, 0.6) is 0 Å². The zero-order chi connectivity index (χ0) is 22.1. The molecule has 1 aromatic heterocycles. The Morgan fingerprint density at radius 2 is 1.87 bits per heavy atom. The van der Waals surface area contributed by atoms with E-state index >= 15 is 0 Å². The monoisotopic (exact) mass is 466 g/mol. The molecule has 0 unspecified atom stereocenters. The number of urea groups is 1. The maximum atomic E-state index is 12.8. The fourth-order valence-electron chi connectivity index (χ4n) is 2.75. The number of carbonyl (C=O) groups excluding carboxylic acids is 2. The molecule has 0 radical (unpaired) electrons. The summed E-state index contributed by atoms with van der Waals surface area (Å²) in [5, 5.41) is 2.19. The van der Waals surface area contributed by atoms with Crippen molar-refractivity contribution in [3.63, 3.8) is 0 Å². The molecule has 0 saturated heterocycles. The van der Waals surface area contributed by atoms with Crippen LogP contribution in [0.3, 0.4) is 0 Å². The number of nitrogens with one attached hydrogen (secondary N) is 1. The van der Waals surface area contributed by atoms with Crippen LogP contribution in [-0.4, -0.2) is 50.6 Å². The van der Waals surface area contributed by atoms with E-state index in [0.717, 1.165) is 23.2 Å². The number of halogens is 1. The lowest BCUT2D eigenvalue weighted by Crippen LogP contribution is -2.45. The molecule has 3 rings (SSSR count). The molecule has 1 N–H and O–H groups in total. The minimum atomic E-state index is -4.05. The predicted octanol–water partition coefficient (Wildman–Crippen LogP) is 3.33. The Bertz CT molecular complexity index is 1190. The number of hydrogen-bond acceptors (Lipinski definition) is 7. The summed E-state index contributed by atoms with van der Waals surface area (Å²) in [6.45, 7) is 0.562. The van der Waals surface area contributed by atoms with Crippen molar-refractivity contribution in [1.29, 1.82) is 0 Å². The van der Waals surface area contributed by atoms with Gasteiger partial charge < -0.3 is 4.90 Å². The quantitative estimate of drug-likeness (QED) is 0.619. The van der Waals surface area contributed by atoms with Gasteiger partial charge in [-0.15, -0.1) is 0 Å². The summed E-state index contributed by atoms with van der Waals surface area (Å²) < 4.78 is 25.8. The normalized spacial score (nSPS) is 11.6. The number of rotatable bonds is 5. The van der Waals surface area contributed by atoms with Crippen LogP contribution >= 0.6 is 22.9 Å². The van der Waals surface area contributed by atoms with Crippen LogP contribution in [0, 0.1) is 0 Å². The Morgan fingerprint density at radius 1 is 1.17 bits per heavy atom. The standard InChI is InChI=1S/C19H19ClN4O4S2/c1-23(2)11-12-8-9-14(20)13(10-12)17(25)22-18(26)24(30(3,27)28)19-21-15-6-4-5-7-16(15)29-19/h4-10H,11H2,1-3H3,(H,22,25,26). The molecule has 3 aromatic rings. The summed E-state index contributed by atoms with van der Waals surface area (Å²) in [5.41, 5.74) is 1.43. The van der Waals surface area contributed by atoms with Gasteiger partial charge in [-0.1, -0.05) is 41.1 Å². The van der Waals surface area contributed by atoms with E-state index in [2.05, 4.69) is 10.3 Å². The molecule has 2 aromatic carbocycles. The number of sulfonamides is 1. The van der Waals surface area contributed by atoms with Crippen molar-refractivity contribution in [1.82, 2.24) is 15.2 Å². The van der Waals surface area contributed by atoms with Gasteiger partial charge in [0.1, 0.15) is 0 Å². The number of amides is 3. The summed E-state index contributed by atoms with van der Waals surface area (Å²) >= 11 is 7.15. The molecule has 3 amide bonds. The van der Waals surface area contributed by atoms with Crippen LogP contribution in [0.2, 0.25) is 5.02 Å². The van der Waals surface area contributed by atoms with E-state index in [1.165, 1.54) is 0 Å². The Kier molecular flexibility index (Phi) is 6.41. The average Bonchev–Trinajstić information content (AvgIpc) is 3.04. The van der Waals surface area contributed by atoms with E-state index in [-0.39, 0.29) is 15.7 Å². The van der Waals surface area contributed by atoms with Crippen molar-refractivity contribution < 1.29 is 18.0 Å². The van der Waals surface area contributed by atoms with Crippen molar-refractivity contribution in [3.8, 4) is 0 Å². The molecule has 0 aliphatic rings. The van der Waals surface area contributed by atoms with Gasteiger partial charge in [-0.2, -0.15) is 4.31 Å². The molecule has 0 aliphatic carbocycles. The van der Waals surface area contributed by atoms with E-state index in [4.69, 9.17) is 11.6 Å². The van der Waals surface area contributed by atoms with E-state index in [1.54, 1.807) is 42.5 Å². The van der Waals surface area contributed by atoms with Crippen molar-refractivity contribution in [2.24, 2.45) is 0 Å². The van der Waals surface area contributed by atoms with Crippen molar-refractivity contribution in [3.05, 3.63) is 58.6 Å². The molecule has 0 fully saturated rings. The van der Waals surface area contributed by atoms with E-state index in [9.17, 15) is 18.0 Å². The number of fused-ring (bicyclic) bond motifs is 1. The fourth-order valence-corrected chi connectivity index (χ4v) is 5.02. The lowest BCUT2D eigenvalue weighted by molar-refractivity contribution is 0.0966. The third-order valence-corrected chi connectivity index (χ3v) is 6.44. The maximum Gasteiger partial charge on any atom is 0.344 e. The minimum absolute atomic E-state index is 0.0588. The molecule has 0 atom stereocenters. The molecule has 0 aliphatic heterocycles. The van der Waals surface area contributed by atoms with Gasteiger partial charge in [0.2, 0.25) is 15.2 Å². The Balaban J connectivity index is 1.90. The van der Waals surface area contributed by atoms with Crippen LogP contribution < -0.4 is 9.62 Å². The molecular formula is C19H19ClN4O4S2. The second-order valence-electron chi connectivity index (χ2n) is 6.80. The van der Waals surface area contributed by atoms with Crippen LogP contribution in [0.1, 0.15) is 15.9 Å². The highest BCUT2D eigenvalue weighted by molar-refractivity contribution is 7.93. The molecule has 11 heteroatoms. The van der Waals surface area contributed by atoms with Crippen molar-refractivity contribution in [2.45, 2.75) is 6.54 Å². The van der Waals surface area contributed by atoms with Gasteiger partial charge in [-0.3, -0.25) is 10.1 Å². The minimum Gasteiger partial charge on any atom is -0.305 e. The zero-order valence-electron chi connectivity index (χ0n) is 16.4. The lowest BCUT2D eigenvalue weighted by Gasteiger charge is -2.18. The van der Waals surface area contributed by atoms with Crippen LogP contribution in [0.4, 0.5) is 9.93 Å². The fraction of sp³-hybridized carbons (Fsp3) is 0.211. The smallest absolute Gasteiger partial charge is 0.305 e. The summed E-state index contributed by atoms with van der Waals surface area (Å²) in [6, 6.07) is 10.8. The summed E-state index contributed by atoms with van der Waals surface area (Å²) in [5.74, 6) is -0.805. The third-order valence-electron chi connectivity index (χ3n) is 3.97. The number of para-hydroxylation sites is 1. The maximum absolute atomic E-state index is 12.8. The van der Waals surface area contributed by atoms with Crippen molar-refractivity contribution in [2.75, 3.05) is 24.7 Å². The Morgan fingerprint density at radius 3 is 2.50 bits per heavy atom. The van der Waals surface area contributed by atoms with Gasteiger partial charge >= 0.3 is 6.03 Å². The first-order valence-electron chi connectivity index (χ1n) is 8.70. The highest BCUT2D eigenvalue weighted by atomic mass is 35.5. The Labute approximate surface area is 183 Å². The van der Waals surface area contributed by atoms with Gasteiger partial charge in [0.25, 0.3) is 5.91 Å². The number of anilines is 1. The summed E-state index contributed by atoms with van der Waals surface area (Å²) in [7, 11) is -0.300. The second-order valence-corrected chi connectivity index (χ2v) is 10.1. The van der Waals surface area contributed by atoms with E-state index in [0.29, 0.717) is 21.1 Å². The number of nitrogens with zero attached hydrogens (tertiary/aromatic N) is 3. The van der Waals surface area contributed by atoms with Gasteiger partial charge in [-0.25, -0.2) is 18.2 Å². The molecule has 1 heterocycles. The third kappa shape index (κ3) is 4.96. The SMILES string of the molecule is CN(C)Cc1ccc(Cl)c(C(=O)NC(=O)N(c2nc3ccccc3s2)S(C)(=O)=O)c1. The van der Waals surface area contributed by atoms with Gasteiger partial charge in [-0.05, 0) is 43.9 Å². The highest BCUT2D eigenvalue weighted by Crippen LogP contribution is 2.30. The first kappa shape index (κ1) is 22.2. The number of hydrogen-bond donors (Lipinski definition) is 1. The lowest BCUT2D eigenvalue weighted by atomic mass is 10.1. The van der Waals surface area contributed by atoms with E-state index in [1.807, 2.05) is 19.0 Å².